The number of nitrogens with zero attached hydrogens (tertiary/aromatic N) is 4. The summed E-state index contributed by atoms with van der Waals surface area (Å²) in [5.41, 5.74) is 5.08. The number of carbonyl (C=O) groups excluding carboxylic acids is 1. The standard InChI is InChI=1S/C27H28FN5OS/c1-17-24-25(33(31-17)21-13-11-20(28)12-14-21)30-27(35-24)32-15-5-8-19(16-32)26(34)29-23-10-4-7-18-6-2-3-9-22(18)23/h2-3,6,9,11-14,19,23H,4-5,7-8,10,15-16H2,1H3,(H,29,34)/t19-,23-/m1/s1. The summed E-state index contributed by atoms with van der Waals surface area (Å²) in [6, 6.07) is 14.9. The molecule has 2 atom stereocenters. The van der Waals surface area contributed by atoms with Gasteiger partial charge < -0.3 is 10.2 Å². The largest absolute Gasteiger partial charge is 0.349 e. The van der Waals surface area contributed by atoms with Crippen molar-refractivity contribution in [3.05, 3.63) is 71.2 Å². The maximum Gasteiger partial charge on any atom is 0.225 e. The fourth-order valence-electron chi connectivity index (χ4n) is 5.38. The Labute approximate surface area is 207 Å². The lowest BCUT2D eigenvalue weighted by atomic mass is 9.87. The molecule has 0 bridgehead atoms. The van der Waals surface area contributed by atoms with Gasteiger partial charge in [0.1, 0.15) is 5.82 Å². The summed E-state index contributed by atoms with van der Waals surface area (Å²) in [6.45, 7) is 3.52. The Morgan fingerprint density at radius 3 is 2.80 bits per heavy atom. The predicted octanol–water partition coefficient (Wildman–Crippen LogP) is 5.34. The number of nitrogens with one attached hydrogen (secondary N) is 1. The van der Waals surface area contributed by atoms with Gasteiger partial charge in [-0.15, -0.1) is 0 Å². The summed E-state index contributed by atoms with van der Waals surface area (Å²) in [4.78, 5) is 20.4. The van der Waals surface area contributed by atoms with Crippen molar-refractivity contribution in [3.63, 3.8) is 0 Å². The summed E-state index contributed by atoms with van der Waals surface area (Å²) < 4.78 is 16.2. The molecule has 0 radical (unpaired) electrons. The fourth-order valence-corrected chi connectivity index (χ4v) is 6.40. The van der Waals surface area contributed by atoms with E-state index in [1.165, 1.54) is 23.3 Å². The van der Waals surface area contributed by atoms with Crippen molar-refractivity contribution >= 4 is 32.7 Å². The Kier molecular flexibility index (Phi) is 5.76. The lowest BCUT2D eigenvalue weighted by molar-refractivity contribution is -0.126. The number of amides is 1. The Balaban J connectivity index is 1.21. The Morgan fingerprint density at radius 1 is 1.11 bits per heavy atom. The molecule has 0 spiro atoms. The van der Waals surface area contributed by atoms with Gasteiger partial charge in [0.2, 0.25) is 5.91 Å². The summed E-state index contributed by atoms with van der Waals surface area (Å²) in [5, 5.41) is 8.89. The molecule has 35 heavy (non-hydrogen) atoms. The van der Waals surface area contributed by atoms with Crippen LogP contribution in [0, 0.1) is 18.7 Å². The van der Waals surface area contributed by atoms with Gasteiger partial charge in [0.15, 0.2) is 10.8 Å². The smallest absolute Gasteiger partial charge is 0.225 e. The van der Waals surface area contributed by atoms with Crippen LogP contribution in [0.4, 0.5) is 9.52 Å². The minimum atomic E-state index is -0.276. The number of halogens is 1. The molecule has 2 aromatic carbocycles. The van der Waals surface area contributed by atoms with E-state index in [1.54, 1.807) is 28.2 Å². The fraction of sp³-hybridized carbons (Fsp3) is 0.370. The first-order valence-corrected chi connectivity index (χ1v) is 13.1. The molecule has 1 aliphatic heterocycles. The monoisotopic (exact) mass is 489 g/mol. The van der Waals surface area contributed by atoms with Crippen LogP contribution in [0.3, 0.4) is 0 Å². The highest BCUT2D eigenvalue weighted by Crippen LogP contribution is 2.35. The van der Waals surface area contributed by atoms with Crippen LogP contribution in [0.1, 0.15) is 48.5 Å². The molecule has 0 unspecified atom stereocenters. The SMILES string of the molecule is Cc1nn(-c2ccc(F)cc2)c2nc(N3CCC[C@@H](C(=O)N[C@@H]4CCCc5ccccc54)C3)sc12. The van der Waals surface area contributed by atoms with Crippen LogP contribution in [0.25, 0.3) is 16.0 Å². The average Bonchev–Trinajstić information content (AvgIpc) is 3.45. The number of rotatable bonds is 4. The van der Waals surface area contributed by atoms with Crippen molar-refractivity contribution in [2.75, 3.05) is 18.0 Å². The summed E-state index contributed by atoms with van der Waals surface area (Å²) in [5.74, 6) is -0.187. The molecule has 180 valence electrons. The third kappa shape index (κ3) is 4.20. The normalized spacial score (nSPS) is 20.1. The minimum Gasteiger partial charge on any atom is -0.349 e. The number of fused-ring (bicyclic) bond motifs is 2. The van der Waals surface area contributed by atoms with Gasteiger partial charge in [-0.1, -0.05) is 35.6 Å². The van der Waals surface area contributed by atoms with E-state index >= 15 is 0 Å². The molecule has 1 saturated heterocycles. The second kappa shape index (κ2) is 9.07. The molecule has 2 aliphatic rings. The minimum absolute atomic E-state index is 0.0560. The second-order valence-corrected chi connectivity index (χ2v) is 10.5. The Hall–Kier alpha value is -3.26. The third-order valence-corrected chi connectivity index (χ3v) is 8.41. The second-order valence-electron chi connectivity index (χ2n) is 9.56. The van der Waals surface area contributed by atoms with E-state index in [9.17, 15) is 9.18 Å². The third-order valence-electron chi connectivity index (χ3n) is 7.20. The summed E-state index contributed by atoms with van der Waals surface area (Å²) in [7, 11) is 0. The van der Waals surface area contributed by atoms with Gasteiger partial charge in [0.25, 0.3) is 0 Å². The van der Waals surface area contributed by atoms with Gasteiger partial charge in [-0.2, -0.15) is 10.1 Å². The van der Waals surface area contributed by atoms with Crippen LogP contribution >= 0.6 is 11.3 Å². The first-order valence-electron chi connectivity index (χ1n) is 12.3. The van der Waals surface area contributed by atoms with E-state index in [4.69, 9.17) is 4.98 Å². The van der Waals surface area contributed by atoms with Crippen LogP contribution < -0.4 is 10.2 Å². The summed E-state index contributed by atoms with van der Waals surface area (Å²) in [6.07, 6.45) is 5.04. The topological polar surface area (TPSA) is 63.1 Å². The number of hydrogen-bond donors (Lipinski definition) is 1. The predicted molar refractivity (Wildman–Crippen MR) is 137 cm³/mol. The van der Waals surface area contributed by atoms with Crippen molar-refractivity contribution in [1.82, 2.24) is 20.1 Å². The zero-order valence-electron chi connectivity index (χ0n) is 19.7. The van der Waals surface area contributed by atoms with E-state index in [1.807, 2.05) is 6.92 Å². The van der Waals surface area contributed by atoms with Crippen molar-refractivity contribution < 1.29 is 9.18 Å². The van der Waals surface area contributed by atoms with Crippen molar-refractivity contribution in [3.8, 4) is 5.69 Å². The van der Waals surface area contributed by atoms with Gasteiger partial charge in [-0.25, -0.2) is 9.07 Å². The number of thiazole rings is 1. The first-order chi connectivity index (χ1) is 17.1. The van der Waals surface area contributed by atoms with Gasteiger partial charge in [-0.3, -0.25) is 4.79 Å². The van der Waals surface area contributed by atoms with E-state index in [0.29, 0.717) is 6.54 Å². The highest BCUT2D eigenvalue weighted by molar-refractivity contribution is 7.22. The van der Waals surface area contributed by atoms with E-state index in [0.717, 1.165) is 65.5 Å². The van der Waals surface area contributed by atoms with Crippen LogP contribution in [-0.2, 0) is 11.2 Å². The number of hydrogen-bond acceptors (Lipinski definition) is 5. The quantitative estimate of drug-likeness (QED) is 0.420. The molecule has 6 rings (SSSR count). The molecule has 8 heteroatoms. The number of piperidine rings is 1. The molecular weight excluding hydrogens is 461 g/mol. The van der Waals surface area contributed by atoms with Gasteiger partial charge in [0, 0.05) is 13.1 Å². The highest BCUT2D eigenvalue weighted by Gasteiger charge is 2.31. The molecule has 1 fully saturated rings. The highest BCUT2D eigenvalue weighted by atomic mass is 32.1. The molecule has 0 saturated carbocycles. The lowest BCUT2D eigenvalue weighted by Crippen LogP contribution is -2.44. The molecule has 3 heterocycles. The van der Waals surface area contributed by atoms with Gasteiger partial charge >= 0.3 is 0 Å². The van der Waals surface area contributed by atoms with Crippen LogP contribution in [0.5, 0.6) is 0 Å². The molecular formula is C27H28FN5OS. The number of benzene rings is 2. The zero-order valence-corrected chi connectivity index (χ0v) is 20.5. The molecule has 1 aliphatic carbocycles. The molecule has 1 amide bonds. The Bertz CT molecular complexity index is 1380. The first kappa shape index (κ1) is 22.2. The van der Waals surface area contributed by atoms with Crippen molar-refractivity contribution in [2.45, 2.75) is 45.1 Å². The van der Waals surface area contributed by atoms with E-state index in [2.05, 4.69) is 39.6 Å². The average molecular weight is 490 g/mol. The van der Waals surface area contributed by atoms with Crippen LogP contribution in [-0.4, -0.2) is 33.8 Å². The van der Waals surface area contributed by atoms with Crippen molar-refractivity contribution in [2.24, 2.45) is 5.92 Å². The Morgan fingerprint density at radius 2 is 1.94 bits per heavy atom. The lowest BCUT2D eigenvalue weighted by Gasteiger charge is -2.33. The maximum atomic E-state index is 13.4. The van der Waals surface area contributed by atoms with Crippen LogP contribution in [0.15, 0.2) is 48.5 Å². The molecule has 1 N–H and O–H groups in total. The molecule has 2 aromatic heterocycles. The number of aryl methyl sites for hydroxylation is 2. The number of anilines is 1. The summed E-state index contributed by atoms with van der Waals surface area (Å²) >= 11 is 1.61. The van der Waals surface area contributed by atoms with Crippen molar-refractivity contribution in [1.29, 1.82) is 0 Å². The maximum absolute atomic E-state index is 13.4. The van der Waals surface area contributed by atoms with Crippen LogP contribution in [0.2, 0.25) is 0 Å². The molecule has 6 nitrogen and oxygen atoms in total. The molecule has 4 aromatic rings. The van der Waals surface area contributed by atoms with E-state index in [-0.39, 0.29) is 23.7 Å². The number of carbonyl (C=O) groups is 1. The van der Waals surface area contributed by atoms with Gasteiger partial charge in [0.05, 0.1) is 28.0 Å². The van der Waals surface area contributed by atoms with Gasteiger partial charge in [-0.05, 0) is 74.4 Å². The zero-order chi connectivity index (χ0) is 23.9. The van der Waals surface area contributed by atoms with E-state index < -0.39 is 0 Å². The number of aromatic nitrogens is 3.